The zero-order valence-corrected chi connectivity index (χ0v) is 14.1. The first kappa shape index (κ1) is 16.8. The average molecular weight is 357 g/mol. The van der Waals surface area contributed by atoms with E-state index in [2.05, 4.69) is 9.98 Å². The Labute approximate surface area is 146 Å². The molecule has 0 fully saturated rings. The number of aromatic amines is 1. The van der Waals surface area contributed by atoms with Crippen LogP contribution in [0, 0.1) is 0 Å². The zero-order valence-electron chi connectivity index (χ0n) is 13.3. The Morgan fingerprint density at radius 3 is 2.80 bits per heavy atom. The minimum absolute atomic E-state index is 0.00329. The minimum Gasteiger partial charge on any atom is -0.494 e. The van der Waals surface area contributed by atoms with Crippen molar-refractivity contribution < 1.29 is 9.52 Å². The van der Waals surface area contributed by atoms with E-state index in [9.17, 15) is 14.7 Å². The van der Waals surface area contributed by atoms with Crippen molar-refractivity contribution in [1.29, 1.82) is 0 Å². The highest BCUT2D eigenvalue weighted by Crippen LogP contribution is 2.27. The predicted molar refractivity (Wildman–Crippen MR) is 96.3 cm³/mol. The molecule has 128 valence electrons. The van der Waals surface area contributed by atoms with Crippen molar-refractivity contribution in [1.82, 2.24) is 9.55 Å². The first-order valence-electron chi connectivity index (χ1n) is 7.35. The van der Waals surface area contributed by atoms with E-state index in [0.717, 1.165) is 9.46 Å². The number of thioether (sulfide) groups is 1. The quantitative estimate of drug-likeness (QED) is 0.539. The van der Waals surface area contributed by atoms with Crippen LogP contribution in [-0.4, -0.2) is 27.1 Å². The number of aliphatic imine (C=N–C) groups is 1. The summed E-state index contributed by atoms with van der Waals surface area (Å²) in [6.45, 7) is -0.00329. The van der Waals surface area contributed by atoms with Gasteiger partial charge in [0.15, 0.2) is 0 Å². The number of rotatable bonds is 5. The van der Waals surface area contributed by atoms with Crippen molar-refractivity contribution >= 4 is 23.7 Å². The van der Waals surface area contributed by atoms with Gasteiger partial charge in [-0.15, -0.1) is 11.8 Å². The standard InChI is InChI=1S/C17H15N3O4S/c1-25-14-7-3-2-6-13(14)18-9-12-15(21)19-17(23)20(16(12)22)10-11-5-4-8-24-11/h2-9,22H,10H2,1H3,(H,19,21,23). The van der Waals surface area contributed by atoms with E-state index >= 15 is 0 Å². The molecule has 0 bridgehead atoms. The number of para-hydroxylation sites is 1. The van der Waals surface area contributed by atoms with E-state index in [1.165, 1.54) is 24.2 Å². The van der Waals surface area contributed by atoms with Gasteiger partial charge in [-0.25, -0.2) is 4.79 Å². The van der Waals surface area contributed by atoms with Gasteiger partial charge in [0.05, 0.1) is 18.5 Å². The van der Waals surface area contributed by atoms with Gasteiger partial charge in [-0.2, -0.15) is 0 Å². The van der Waals surface area contributed by atoms with Crippen molar-refractivity contribution in [2.75, 3.05) is 6.26 Å². The minimum atomic E-state index is -0.722. The van der Waals surface area contributed by atoms with Gasteiger partial charge in [-0.1, -0.05) is 12.1 Å². The molecular weight excluding hydrogens is 342 g/mol. The van der Waals surface area contributed by atoms with Crippen LogP contribution in [0.25, 0.3) is 0 Å². The summed E-state index contributed by atoms with van der Waals surface area (Å²) in [5.74, 6) is 0.00981. The van der Waals surface area contributed by atoms with Crippen molar-refractivity contribution in [3.05, 3.63) is 74.8 Å². The lowest BCUT2D eigenvalue weighted by atomic mass is 10.3. The molecule has 0 atom stereocenters. The van der Waals surface area contributed by atoms with Gasteiger partial charge < -0.3 is 9.52 Å². The molecule has 3 rings (SSSR count). The lowest BCUT2D eigenvalue weighted by Crippen LogP contribution is -2.32. The second kappa shape index (κ2) is 7.27. The number of H-pyrrole nitrogens is 1. The molecule has 0 spiro atoms. The Bertz CT molecular complexity index is 1020. The first-order chi connectivity index (χ1) is 12.1. The van der Waals surface area contributed by atoms with Crippen LogP contribution in [-0.2, 0) is 6.54 Å². The van der Waals surface area contributed by atoms with Gasteiger partial charge in [0.2, 0.25) is 5.88 Å². The summed E-state index contributed by atoms with van der Waals surface area (Å²) in [4.78, 5) is 31.4. The predicted octanol–water partition coefficient (Wildman–Crippen LogP) is 2.36. The van der Waals surface area contributed by atoms with Crippen molar-refractivity contribution in [2.45, 2.75) is 11.4 Å². The van der Waals surface area contributed by atoms with Gasteiger partial charge in [0.25, 0.3) is 5.56 Å². The fourth-order valence-corrected chi connectivity index (χ4v) is 2.81. The molecule has 0 aliphatic heterocycles. The van der Waals surface area contributed by atoms with Crippen LogP contribution in [0.5, 0.6) is 5.88 Å². The van der Waals surface area contributed by atoms with Crippen LogP contribution in [0.15, 0.2) is 66.6 Å². The number of nitrogens with zero attached hydrogens (tertiary/aromatic N) is 2. The maximum atomic E-state index is 12.0. The Morgan fingerprint density at radius 2 is 2.08 bits per heavy atom. The monoisotopic (exact) mass is 357 g/mol. The van der Waals surface area contributed by atoms with Gasteiger partial charge in [0.1, 0.15) is 11.3 Å². The van der Waals surface area contributed by atoms with Crippen LogP contribution >= 0.6 is 11.8 Å². The molecule has 1 aromatic carbocycles. The summed E-state index contributed by atoms with van der Waals surface area (Å²) < 4.78 is 6.19. The molecule has 2 aromatic heterocycles. The molecule has 7 nitrogen and oxygen atoms in total. The highest BCUT2D eigenvalue weighted by molar-refractivity contribution is 7.98. The molecule has 0 saturated heterocycles. The van der Waals surface area contributed by atoms with Crippen LogP contribution in [0.4, 0.5) is 5.69 Å². The molecule has 0 saturated carbocycles. The second-order valence-electron chi connectivity index (χ2n) is 5.09. The van der Waals surface area contributed by atoms with Crippen LogP contribution in [0.1, 0.15) is 11.3 Å². The van der Waals surface area contributed by atoms with Gasteiger partial charge >= 0.3 is 5.69 Å². The molecule has 0 aliphatic rings. The summed E-state index contributed by atoms with van der Waals surface area (Å²) in [6.07, 6.45) is 4.63. The van der Waals surface area contributed by atoms with Gasteiger partial charge in [-0.05, 0) is 30.5 Å². The molecular formula is C17H15N3O4S. The molecule has 0 radical (unpaired) electrons. The molecule has 2 heterocycles. The van der Waals surface area contributed by atoms with Crippen molar-refractivity contribution in [2.24, 2.45) is 4.99 Å². The highest BCUT2D eigenvalue weighted by atomic mass is 32.2. The average Bonchev–Trinajstić information content (AvgIpc) is 3.12. The molecule has 0 unspecified atom stereocenters. The number of hydrogen-bond donors (Lipinski definition) is 2. The topological polar surface area (TPSA) is 101 Å². The van der Waals surface area contributed by atoms with Gasteiger partial charge in [0, 0.05) is 11.1 Å². The third-order valence-corrected chi connectivity index (χ3v) is 4.30. The van der Waals surface area contributed by atoms with E-state index in [1.54, 1.807) is 18.2 Å². The molecule has 0 amide bonds. The number of furan rings is 1. The smallest absolute Gasteiger partial charge is 0.331 e. The molecule has 3 aromatic rings. The maximum Gasteiger partial charge on any atom is 0.331 e. The normalized spacial score (nSPS) is 11.2. The summed E-state index contributed by atoms with van der Waals surface area (Å²) >= 11 is 1.52. The molecule has 0 aliphatic carbocycles. The number of nitrogens with one attached hydrogen (secondary N) is 1. The fourth-order valence-electron chi connectivity index (χ4n) is 2.27. The van der Waals surface area contributed by atoms with Crippen LogP contribution < -0.4 is 11.2 Å². The lowest BCUT2D eigenvalue weighted by Gasteiger charge is -2.08. The van der Waals surface area contributed by atoms with E-state index in [0.29, 0.717) is 11.4 Å². The lowest BCUT2D eigenvalue weighted by molar-refractivity contribution is 0.392. The van der Waals surface area contributed by atoms with Crippen LogP contribution in [0.2, 0.25) is 0 Å². The van der Waals surface area contributed by atoms with Crippen LogP contribution in [0.3, 0.4) is 0 Å². The zero-order chi connectivity index (χ0) is 17.8. The van der Waals surface area contributed by atoms with Crippen molar-refractivity contribution in [3.63, 3.8) is 0 Å². The largest absolute Gasteiger partial charge is 0.494 e. The summed E-state index contributed by atoms with van der Waals surface area (Å²) in [5.41, 5.74) is -0.858. The number of benzene rings is 1. The fraction of sp³-hybridized carbons (Fsp3) is 0.118. The SMILES string of the molecule is CSc1ccccc1N=Cc1c(O)n(Cc2ccco2)c(=O)[nH]c1=O. The molecule has 8 heteroatoms. The Hall–Kier alpha value is -3.00. The Kier molecular flexibility index (Phi) is 4.90. The number of aromatic nitrogens is 2. The number of aromatic hydroxyl groups is 1. The summed E-state index contributed by atoms with van der Waals surface area (Å²) in [7, 11) is 0. The molecule has 25 heavy (non-hydrogen) atoms. The first-order valence-corrected chi connectivity index (χ1v) is 8.58. The van der Waals surface area contributed by atoms with E-state index < -0.39 is 17.1 Å². The van der Waals surface area contributed by atoms with Crippen molar-refractivity contribution in [3.8, 4) is 5.88 Å². The highest BCUT2D eigenvalue weighted by Gasteiger charge is 2.14. The Morgan fingerprint density at radius 1 is 1.28 bits per heavy atom. The third kappa shape index (κ3) is 3.58. The summed E-state index contributed by atoms with van der Waals surface area (Å²) in [5, 5.41) is 10.4. The summed E-state index contributed by atoms with van der Waals surface area (Å²) in [6, 6.07) is 10.8. The third-order valence-electron chi connectivity index (χ3n) is 3.52. The molecule has 2 N–H and O–H groups in total. The van der Waals surface area contributed by atoms with E-state index in [4.69, 9.17) is 4.42 Å². The van der Waals surface area contributed by atoms with E-state index in [1.807, 2.05) is 24.5 Å². The second-order valence-corrected chi connectivity index (χ2v) is 5.94. The van der Waals surface area contributed by atoms with E-state index in [-0.39, 0.29) is 12.1 Å². The number of hydrogen-bond acceptors (Lipinski definition) is 6. The maximum absolute atomic E-state index is 12.0. The Balaban J connectivity index is 2.03. The van der Waals surface area contributed by atoms with Gasteiger partial charge in [-0.3, -0.25) is 19.3 Å².